The normalized spacial score (nSPS) is 33.9. The molecule has 1 aliphatic carbocycles. The van der Waals surface area contributed by atoms with Gasteiger partial charge in [0, 0.05) is 9.82 Å². The molecule has 214 valence electrons. The van der Waals surface area contributed by atoms with Crippen LogP contribution >= 0.6 is 0 Å². The van der Waals surface area contributed by atoms with Gasteiger partial charge in [0.1, 0.15) is 18.3 Å². The van der Waals surface area contributed by atoms with Gasteiger partial charge in [-0.25, -0.2) is 4.39 Å². The molecule has 2 aliphatic rings. The summed E-state index contributed by atoms with van der Waals surface area (Å²) < 4.78 is 40.5. The number of aliphatic hydroxyl groups excluding tert-OH is 2. The molecule has 1 aliphatic heterocycles. The van der Waals surface area contributed by atoms with Crippen LogP contribution in [0.15, 0.2) is 70.9 Å². The third-order valence-electron chi connectivity index (χ3n) is 7.21. The number of rotatable bonds is 11. The van der Waals surface area contributed by atoms with Crippen LogP contribution in [-0.4, -0.2) is 71.9 Å². The summed E-state index contributed by atoms with van der Waals surface area (Å²) in [6.07, 6.45) is -10.1. The summed E-state index contributed by atoms with van der Waals surface area (Å²) in [5.74, 6) is -0.382. The lowest BCUT2D eigenvalue weighted by molar-refractivity contribution is -0.327. The predicted molar refractivity (Wildman–Crippen MR) is 141 cm³/mol. The molecule has 4 rings (SSSR count). The highest BCUT2D eigenvalue weighted by Crippen LogP contribution is 2.36. The fourth-order valence-corrected chi connectivity index (χ4v) is 5.11. The molecule has 2 aromatic rings. The van der Waals surface area contributed by atoms with E-state index in [1.807, 2.05) is 60.7 Å². The summed E-state index contributed by atoms with van der Waals surface area (Å²) in [7, 11) is 0. The van der Waals surface area contributed by atoms with Gasteiger partial charge in [0.15, 0.2) is 12.5 Å². The van der Waals surface area contributed by atoms with Crippen molar-refractivity contribution in [3.63, 3.8) is 0 Å². The Morgan fingerprint density at radius 2 is 1.50 bits per heavy atom. The van der Waals surface area contributed by atoms with Crippen LogP contribution in [0, 0.1) is 5.92 Å². The van der Waals surface area contributed by atoms with E-state index in [9.17, 15) is 10.2 Å². The van der Waals surface area contributed by atoms with Gasteiger partial charge in [-0.05, 0) is 34.5 Å². The first-order chi connectivity index (χ1) is 19.4. The minimum absolute atomic E-state index is 0.0475. The number of azide groups is 2. The molecule has 40 heavy (non-hydrogen) atoms. The molecule has 2 N–H and O–H groups in total. The smallest absolute Gasteiger partial charge is 0.187 e. The highest BCUT2D eigenvalue weighted by atomic mass is 19.1. The van der Waals surface area contributed by atoms with E-state index in [4.69, 9.17) is 30.0 Å². The van der Waals surface area contributed by atoms with Crippen LogP contribution in [0.3, 0.4) is 0 Å². The van der Waals surface area contributed by atoms with Crippen molar-refractivity contribution in [1.29, 1.82) is 0 Å². The van der Waals surface area contributed by atoms with Gasteiger partial charge in [-0.15, -0.1) is 0 Å². The number of ether oxygens (including phenoxy) is 4. The van der Waals surface area contributed by atoms with Gasteiger partial charge in [0.2, 0.25) is 0 Å². The fourth-order valence-electron chi connectivity index (χ4n) is 5.11. The van der Waals surface area contributed by atoms with E-state index in [0.717, 1.165) is 11.1 Å². The zero-order valence-electron chi connectivity index (χ0n) is 22.0. The van der Waals surface area contributed by atoms with Crippen molar-refractivity contribution in [2.75, 3.05) is 6.54 Å². The van der Waals surface area contributed by atoms with Crippen molar-refractivity contribution < 1.29 is 33.6 Å². The number of benzene rings is 2. The molecule has 1 saturated heterocycles. The number of aliphatic hydroxyl groups is 2. The molecule has 2 fully saturated rings. The minimum atomic E-state index is -1.76. The summed E-state index contributed by atoms with van der Waals surface area (Å²) in [5.41, 5.74) is 19.4. The Hall–Kier alpha value is -3.25. The number of hydrogen-bond donors (Lipinski definition) is 2. The molecule has 0 aromatic heterocycles. The van der Waals surface area contributed by atoms with Crippen LogP contribution in [-0.2, 0) is 32.2 Å². The molecule has 0 amide bonds. The predicted octanol–water partition coefficient (Wildman–Crippen LogP) is 4.36. The van der Waals surface area contributed by atoms with Crippen molar-refractivity contribution in [3.05, 3.63) is 92.7 Å². The fraction of sp³-hybridized carbons (Fsp3) is 0.556. The Labute approximate surface area is 230 Å². The summed E-state index contributed by atoms with van der Waals surface area (Å²) in [5, 5.41) is 28.5. The third kappa shape index (κ3) is 7.28. The SMILES string of the molecule is C[C@H]1CC(N=[N+]=[N-])[C@H](O)[C@@H](O)[C@@H]1O[C@H]1O[C@H](CN=[N+]=[N-])[C@@H](OCc2ccccc2)[C@H](F)[C@H]1OCc1ccccc1. The standard InChI is InChI=1S/C27H33FN6O6/c1-16-12-19(32-34-30)22(35)23(36)24(16)40-27-26(38-15-18-10-6-3-7-11-18)21(28)25(20(39-27)13-31-33-29)37-14-17-8-4-2-5-9-17/h2-11,16,19-27,35-36H,12-15H2,1H3/t16-,19?,20+,21-,22-,23+,24+,25+,26+,27+/m0/s1. The van der Waals surface area contributed by atoms with Crippen LogP contribution in [0.4, 0.5) is 4.39 Å². The third-order valence-corrected chi connectivity index (χ3v) is 7.21. The zero-order valence-corrected chi connectivity index (χ0v) is 22.0. The average molecular weight is 557 g/mol. The topological polar surface area (TPSA) is 175 Å². The Morgan fingerprint density at radius 3 is 2.08 bits per heavy atom. The molecule has 0 bridgehead atoms. The van der Waals surface area contributed by atoms with Crippen LogP contribution in [0.1, 0.15) is 24.5 Å². The van der Waals surface area contributed by atoms with Crippen molar-refractivity contribution in [2.45, 2.75) is 81.7 Å². The van der Waals surface area contributed by atoms with Crippen LogP contribution in [0.25, 0.3) is 20.9 Å². The zero-order chi connectivity index (χ0) is 28.5. The molecule has 12 nitrogen and oxygen atoms in total. The van der Waals surface area contributed by atoms with E-state index in [-0.39, 0.29) is 32.1 Å². The first kappa shape index (κ1) is 29.7. The molecule has 2 aromatic carbocycles. The molecule has 13 heteroatoms. The van der Waals surface area contributed by atoms with E-state index in [1.54, 1.807) is 6.92 Å². The quantitative estimate of drug-likeness (QED) is 0.236. The van der Waals surface area contributed by atoms with Crippen molar-refractivity contribution >= 4 is 0 Å². The molecule has 1 saturated carbocycles. The van der Waals surface area contributed by atoms with Gasteiger partial charge in [-0.2, -0.15) is 0 Å². The van der Waals surface area contributed by atoms with Crippen LogP contribution in [0.5, 0.6) is 0 Å². The number of alkyl halides is 1. The second kappa shape index (κ2) is 14.4. The van der Waals surface area contributed by atoms with E-state index in [2.05, 4.69) is 20.1 Å². The van der Waals surface area contributed by atoms with Crippen molar-refractivity contribution in [1.82, 2.24) is 0 Å². The highest BCUT2D eigenvalue weighted by molar-refractivity contribution is 5.14. The lowest BCUT2D eigenvalue weighted by Gasteiger charge is -2.46. The summed E-state index contributed by atoms with van der Waals surface area (Å²) in [4.78, 5) is 5.53. The van der Waals surface area contributed by atoms with Gasteiger partial charge < -0.3 is 29.2 Å². The van der Waals surface area contributed by atoms with Gasteiger partial charge in [-0.3, -0.25) is 0 Å². The van der Waals surface area contributed by atoms with E-state index in [1.165, 1.54) is 0 Å². The first-order valence-corrected chi connectivity index (χ1v) is 13.1. The van der Waals surface area contributed by atoms with E-state index in [0.29, 0.717) is 0 Å². The Kier molecular flexibility index (Phi) is 10.7. The Morgan fingerprint density at radius 1 is 0.900 bits per heavy atom. The maximum absolute atomic E-state index is 16.3. The molecular formula is C27H33FN6O6. The van der Waals surface area contributed by atoms with Gasteiger partial charge in [0.05, 0.1) is 44.1 Å². The molecule has 1 unspecified atom stereocenters. The molecule has 10 atom stereocenters. The monoisotopic (exact) mass is 556 g/mol. The van der Waals surface area contributed by atoms with Crippen LogP contribution < -0.4 is 0 Å². The molecule has 1 heterocycles. The largest absolute Gasteiger partial charge is 0.390 e. The lowest BCUT2D eigenvalue weighted by atomic mass is 9.80. The summed E-state index contributed by atoms with van der Waals surface area (Å²) in [6.45, 7) is 1.67. The second-order valence-electron chi connectivity index (χ2n) is 9.99. The first-order valence-electron chi connectivity index (χ1n) is 13.1. The number of nitrogens with zero attached hydrogens (tertiary/aromatic N) is 6. The number of halogens is 1. The molecule has 0 radical (unpaired) electrons. The average Bonchev–Trinajstić information content (AvgIpc) is 2.97. The minimum Gasteiger partial charge on any atom is -0.390 e. The summed E-state index contributed by atoms with van der Waals surface area (Å²) >= 11 is 0. The number of hydrogen-bond acceptors (Lipinski definition) is 8. The van der Waals surface area contributed by atoms with E-state index >= 15 is 4.39 Å². The van der Waals surface area contributed by atoms with Gasteiger partial charge in [0.25, 0.3) is 0 Å². The Balaban J connectivity index is 1.58. The second-order valence-corrected chi connectivity index (χ2v) is 9.99. The highest BCUT2D eigenvalue weighted by Gasteiger charge is 2.51. The maximum atomic E-state index is 16.3. The summed E-state index contributed by atoms with van der Waals surface area (Å²) in [6, 6.07) is 17.6. The Bertz CT molecular complexity index is 1170. The van der Waals surface area contributed by atoms with E-state index < -0.39 is 55.1 Å². The lowest BCUT2D eigenvalue weighted by Crippen LogP contribution is -2.62. The molecule has 0 spiro atoms. The van der Waals surface area contributed by atoms with Crippen LogP contribution in [0.2, 0.25) is 0 Å². The maximum Gasteiger partial charge on any atom is 0.187 e. The van der Waals surface area contributed by atoms with Crippen molar-refractivity contribution in [3.8, 4) is 0 Å². The van der Waals surface area contributed by atoms with Gasteiger partial charge in [-0.1, -0.05) is 77.8 Å². The van der Waals surface area contributed by atoms with Gasteiger partial charge >= 0.3 is 0 Å². The molecular weight excluding hydrogens is 523 g/mol. The van der Waals surface area contributed by atoms with Crippen molar-refractivity contribution in [2.24, 2.45) is 16.1 Å².